The number of hydrogen-bond acceptors (Lipinski definition) is 5. The van der Waals surface area contributed by atoms with Gasteiger partial charge in [0.25, 0.3) is 0 Å². The summed E-state index contributed by atoms with van der Waals surface area (Å²) in [5.41, 5.74) is 6.93. The third-order valence-electron chi connectivity index (χ3n) is 3.42. The van der Waals surface area contributed by atoms with Crippen LogP contribution in [0.2, 0.25) is 0 Å². The smallest absolute Gasteiger partial charge is 0.243 e. The summed E-state index contributed by atoms with van der Waals surface area (Å²) in [4.78, 5) is 20.0. The molecule has 0 fully saturated rings. The van der Waals surface area contributed by atoms with Crippen LogP contribution in [-0.2, 0) is 17.8 Å². The fraction of sp³-hybridized carbons (Fsp3) is 0.692. The van der Waals surface area contributed by atoms with E-state index in [0.717, 1.165) is 38.2 Å². The van der Waals surface area contributed by atoms with Crippen LogP contribution in [0.3, 0.4) is 0 Å². The summed E-state index contributed by atoms with van der Waals surface area (Å²) in [5.74, 6) is -0.125. The highest BCUT2D eigenvalue weighted by Gasteiger charge is 2.21. The second kappa shape index (κ2) is 6.45. The Labute approximate surface area is 118 Å². The number of anilines is 1. The Hall–Kier alpha value is -0.980. The Kier molecular flexibility index (Phi) is 4.90. The van der Waals surface area contributed by atoms with Crippen LogP contribution >= 0.6 is 11.3 Å². The molecule has 0 saturated carbocycles. The first-order valence-corrected chi connectivity index (χ1v) is 7.73. The SMILES string of the molecule is CCCC(N)C(=O)Nc1nc2c(s1)CN(CC)CC2. The zero-order chi connectivity index (χ0) is 13.8. The van der Waals surface area contributed by atoms with E-state index in [1.807, 2.05) is 6.92 Å². The minimum absolute atomic E-state index is 0.125. The van der Waals surface area contributed by atoms with E-state index >= 15 is 0 Å². The van der Waals surface area contributed by atoms with E-state index in [4.69, 9.17) is 5.73 Å². The molecule has 0 saturated heterocycles. The van der Waals surface area contributed by atoms with Gasteiger partial charge >= 0.3 is 0 Å². The van der Waals surface area contributed by atoms with Gasteiger partial charge in [-0.05, 0) is 13.0 Å². The molecule has 1 atom stereocenters. The van der Waals surface area contributed by atoms with Crippen molar-refractivity contribution in [2.45, 2.75) is 45.7 Å². The van der Waals surface area contributed by atoms with Crippen molar-refractivity contribution in [2.75, 3.05) is 18.4 Å². The summed E-state index contributed by atoms with van der Waals surface area (Å²) in [5, 5.41) is 3.54. The number of thiazole rings is 1. The molecule has 0 aromatic carbocycles. The second-order valence-electron chi connectivity index (χ2n) is 4.89. The second-order valence-corrected chi connectivity index (χ2v) is 5.98. The van der Waals surface area contributed by atoms with Crippen molar-refractivity contribution >= 4 is 22.4 Å². The normalized spacial score (nSPS) is 17.0. The van der Waals surface area contributed by atoms with Crippen LogP contribution in [0.25, 0.3) is 0 Å². The number of hydrogen-bond donors (Lipinski definition) is 2. The minimum Gasteiger partial charge on any atom is -0.320 e. The fourth-order valence-electron chi connectivity index (χ4n) is 2.21. The van der Waals surface area contributed by atoms with E-state index in [9.17, 15) is 4.79 Å². The van der Waals surface area contributed by atoms with Gasteiger partial charge in [0.2, 0.25) is 5.91 Å². The Bertz CT molecular complexity index is 446. The Morgan fingerprint density at radius 2 is 2.37 bits per heavy atom. The maximum Gasteiger partial charge on any atom is 0.243 e. The molecule has 2 rings (SSSR count). The van der Waals surface area contributed by atoms with Gasteiger partial charge in [-0.1, -0.05) is 20.3 Å². The Morgan fingerprint density at radius 1 is 1.58 bits per heavy atom. The van der Waals surface area contributed by atoms with Crippen LogP contribution in [0, 0.1) is 0 Å². The summed E-state index contributed by atoms with van der Waals surface area (Å²) < 4.78 is 0. The van der Waals surface area contributed by atoms with Gasteiger partial charge in [0.15, 0.2) is 5.13 Å². The summed E-state index contributed by atoms with van der Waals surface area (Å²) in [6.07, 6.45) is 2.59. The Balaban J connectivity index is 1.99. The predicted molar refractivity (Wildman–Crippen MR) is 78.3 cm³/mol. The molecular weight excluding hydrogens is 260 g/mol. The van der Waals surface area contributed by atoms with E-state index in [2.05, 4.69) is 22.1 Å². The number of fused-ring (bicyclic) bond motifs is 1. The molecule has 19 heavy (non-hydrogen) atoms. The molecule has 0 spiro atoms. The number of nitrogens with one attached hydrogen (secondary N) is 1. The molecule has 3 N–H and O–H groups in total. The number of aromatic nitrogens is 1. The van der Waals surface area contributed by atoms with Crippen molar-refractivity contribution < 1.29 is 4.79 Å². The van der Waals surface area contributed by atoms with Crippen LogP contribution in [0.15, 0.2) is 0 Å². The van der Waals surface area contributed by atoms with Crippen LogP contribution in [0.5, 0.6) is 0 Å². The molecular formula is C13H22N4OS. The maximum absolute atomic E-state index is 11.9. The van der Waals surface area contributed by atoms with Gasteiger partial charge < -0.3 is 11.1 Å². The van der Waals surface area contributed by atoms with Crippen molar-refractivity contribution in [3.63, 3.8) is 0 Å². The number of nitrogens with zero attached hydrogens (tertiary/aromatic N) is 2. The first-order chi connectivity index (χ1) is 9.13. The fourth-order valence-corrected chi connectivity index (χ4v) is 3.27. The first kappa shape index (κ1) is 14.4. The van der Waals surface area contributed by atoms with Crippen molar-refractivity contribution in [3.05, 3.63) is 10.6 Å². The Morgan fingerprint density at radius 3 is 3.05 bits per heavy atom. The highest BCUT2D eigenvalue weighted by atomic mass is 32.1. The lowest BCUT2D eigenvalue weighted by molar-refractivity contribution is -0.117. The zero-order valence-electron chi connectivity index (χ0n) is 11.6. The summed E-state index contributed by atoms with van der Waals surface area (Å²) >= 11 is 1.58. The minimum atomic E-state index is -0.432. The van der Waals surface area contributed by atoms with Crippen molar-refractivity contribution in [3.8, 4) is 0 Å². The van der Waals surface area contributed by atoms with E-state index < -0.39 is 6.04 Å². The van der Waals surface area contributed by atoms with E-state index in [0.29, 0.717) is 11.6 Å². The first-order valence-electron chi connectivity index (χ1n) is 6.91. The summed E-state index contributed by atoms with van der Waals surface area (Å²) in [7, 11) is 0. The average Bonchev–Trinajstić information content (AvgIpc) is 2.79. The standard InChI is InChI=1S/C13H22N4OS/c1-3-5-9(14)12(18)16-13-15-10-6-7-17(4-2)8-11(10)19-13/h9H,3-8,14H2,1-2H3,(H,15,16,18). The molecule has 0 radical (unpaired) electrons. The van der Waals surface area contributed by atoms with Crippen molar-refractivity contribution in [2.24, 2.45) is 5.73 Å². The molecule has 5 nitrogen and oxygen atoms in total. The van der Waals surface area contributed by atoms with Crippen LogP contribution in [0.1, 0.15) is 37.3 Å². The molecule has 1 aliphatic heterocycles. The molecule has 2 heterocycles. The lowest BCUT2D eigenvalue weighted by atomic mass is 10.2. The van der Waals surface area contributed by atoms with Crippen molar-refractivity contribution in [1.82, 2.24) is 9.88 Å². The van der Waals surface area contributed by atoms with Gasteiger partial charge in [0, 0.05) is 24.4 Å². The number of amides is 1. The maximum atomic E-state index is 11.9. The number of nitrogens with two attached hydrogens (primary N) is 1. The zero-order valence-corrected chi connectivity index (χ0v) is 12.4. The number of likely N-dealkylation sites (N-methyl/N-ethyl adjacent to an activating group) is 1. The molecule has 106 valence electrons. The molecule has 0 bridgehead atoms. The van der Waals surface area contributed by atoms with E-state index in [1.165, 1.54) is 4.88 Å². The van der Waals surface area contributed by atoms with Gasteiger partial charge in [-0.2, -0.15) is 0 Å². The molecule has 0 aliphatic carbocycles. The van der Waals surface area contributed by atoms with Crippen LogP contribution in [-0.4, -0.2) is 34.9 Å². The molecule has 1 aromatic heterocycles. The average molecular weight is 282 g/mol. The van der Waals surface area contributed by atoms with Crippen molar-refractivity contribution in [1.29, 1.82) is 0 Å². The lowest BCUT2D eigenvalue weighted by Crippen LogP contribution is -2.35. The lowest BCUT2D eigenvalue weighted by Gasteiger charge is -2.23. The van der Waals surface area contributed by atoms with Crippen LogP contribution < -0.4 is 11.1 Å². The van der Waals surface area contributed by atoms with Gasteiger partial charge in [-0.25, -0.2) is 4.98 Å². The molecule has 6 heteroatoms. The molecule has 1 unspecified atom stereocenters. The van der Waals surface area contributed by atoms with Gasteiger partial charge in [0.05, 0.1) is 11.7 Å². The van der Waals surface area contributed by atoms with Gasteiger partial charge in [0.1, 0.15) is 0 Å². The number of rotatable bonds is 5. The van der Waals surface area contributed by atoms with E-state index in [1.54, 1.807) is 11.3 Å². The van der Waals surface area contributed by atoms with E-state index in [-0.39, 0.29) is 5.91 Å². The highest BCUT2D eigenvalue weighted by molar-refractivity contribution is 7.15. The number of carbonyl (C=O) groups is 1. The summed E-state index contributed by atoms with van der Waals surface area (Å²) in [6, 6.07) is -0.432. The third kappa shape index (κ3) is 3.52. The van der Waals surface area contributed by atoms with Gasteiger partial charge in [-0.3, -0.25) is 9.69 Å². The molecule has 1 aromatic rings. The number of carbonyl (C=O) groups excluding carboxylic acids is 1. The highest BCUT2D eigenvalue weighted by Crippen LogP contribution is 2.28. The quantitative estimate of drug-likeness (QED) is 0.860. The van der Waals surface area contributed by atoms with Crippen LogP contribution in [0.4, 0.5) is 5.13 Å². The summed E-state index contributed by atoms with van der Waals surface area (Å²) in [6.45, 7) is 7.24. The predicted octanol–water partition coefficient (Wildman–Crippen LogP) is 1.59. The molecule has 1 aliphatic rings. The largest absolute Gasteiger partial charge is 0.320 e. The monoisotopic (exact) mass is 282 g/mol. The third-order valence-corrected chi connectivity index (χ3v) is 4.42. The topological polar surface area (TPSA) is 71.2 Å². The molecule has 1 amide bonds. The van der Waals surface area contributed by atoms with Gasteiger partial charge in [-0.15, -0.1) is 11.3 Å².